The zero-order valence-corrected chi connectivity index (χ0v) is 15.6. The summed E-state index contributed by atoms with van der Waals surface area (Å²) >= 11 is 5.89. The van der Waals surface area contributed by atoms with E-state index in [1.165, 1.54) is 7.11 Å². The predicted molar refractivity (Wildman–Crippen MR) is 101 cm³/mol. The van der Waals surface area contributed by atoms with Gasteiger partial charge in [-0.1, -0.05) is 29.8 Å². The van der Waals surface area contributed by atoms with Gasteiger partial charge in [0.2, 0.25) is 0 Å². The molecule has 0 fully saturated rings. The number of carbonyl (C=O) groups is 3. The van der Waals surface area contributed by atoms with Crippen LogP contribution in [0.4, 0.5) is 5.69 Å². The number of carbonyl (C=O) groups excluding carboxylic acids is 3. The van der Waals surface area contributed by atoms with Crippen molar-refractivity contribution in [2.24, 2.45) is 0 Å². The number of rotatable bonds is 7. The van der Waals surface area contributed by atoms with Gasteiger partial charge in [0.1, 0.15) is 12.3 Å². The summed E-state index contributed by atoms with van der Waals surface area (Å²) < 4.78 is 9.95. The van der Waals surface area contributed by atoms with Crippen LogP contribution in [0.5, 0.6) is 5.75 Å². The van der Waals surface area contributed by atoms with Crippen LogP contribution in [-0.2, 0) is 14.3 Å². The van der Waals surface area contributed by atoms with Crippen molar-refractivity contribution < 1.29 is 23.9 Å². The molecular weight excluding hydrogens is 372 g/mol. The van der Waals surface area contributed by atoms with Crippen LogP contribution in [0.3, 0.4) is 0 Å². The molecule has 2 aromatic rings. The van der Waals surface area contributed by atoms with Gasteiger partial charge in [-0.3, -0.25) is 14.4 Å². The monoisotopic (exact) mass is 390 g/mol. The van der Waals surface area contributed by atoms with E-state index in [9.17, 15) is 14.4 Å². The van der Waals surface area contributed by atoms with E-state index in [1.807, 2.05) is 6.92 Å². The van der Waals surface area contributed by atoms with E-state index in [4.69, 9.17) is 21.1 Å². The second-order valence-electron chi connectivity index (χ2n) is 5.55. The molecule has 0 heterocycles. The highest BCUT2D eigenvalue weighted by Gasteiger charge is 2.14. The van der Waals surface area contributed by atoms with Crippen molar-refractivity contribution in [3.05, 3.63) is 58.6 Å². The Balaban J connectivity index is 1.79. The van der Waals surface area contributed by atoms with Crippen LogP contribution < -0.4 is 15.4 Å². The number of esters is 1. The molecule has 0 atom stereocenters. The number of hydrogen-bond donors (Lipinski definition) is 2. The fraction of sp³-hybridized carbons (Fsp3) is 0.211. The van der Waals surface area contributed by atoms with Crippen LogP contribution in [0.25, 0.3) is 0 Å². The van der Waals surface area contributed by atoms with Gasteiger partial charge in [0.25, 0.3) is 11.8 Å². The molecule has 142 valence electrons. The summed E-state index contributed by atoms with van der Waals surface area (Å²) in [5.41, 5.74) is 1.65. The van der Waals surface area contributed by atoms with Crippen molar-refractivity contribution >= 4 is 35.1 Å². The summed E-state index contributed by atoms with van der Waals surface area (Å²) in [5, 5.41) is 5.51. The van der Waals surface area contributed by atoms with E-state index < -0.39 is 24.4 Å². The summed E-state index contributed by atoms with van der Waals surface area (Å²) in [7, 11) is 1.45. The molecule has 2 rings (SSSR count). The molecule has 0 aliphatic carbocycles. The van der Waals surface area contributed by atoms with Gasteiger partial charge in [-0.15, -0.1) is 0 Å². The number of amides is 2. The van der Waals surface area contributed by atoms with Crippen molar-refractivity contribution in [2.75, 3.05) is 25.6 Å². The molecule has 0 aliphatic rings. The lowest BCUT2D eigenvalue weighted by Gasteiger charge is -2.10. The molecule has 0 aromatic heterocycles. The first-order chi connectivity index (χ1) is 12.9. The van der Waals surface area contributed by atoms with Crippen LogP contribution in [0.2, 0.25) is 5.02 Å². The Labute approximate surface area is 161 Å². The highest BCUT2D eigenvalue weighted by atomic mass is 35.5. The van der Waals surface area contributed by atoms with E-state index in [-0.39, 0.29) is 6.54 Å². The Morgan fingerprint density at radius 1 is 1.11 bits per heavy atom. The minimum Gasteiger partial charge on any atom is -0.496 e. The van der Waals surface area contributed by atoms with Crippen molar-refractivity contribution in [1.29, 1.82) is 0 Å². The van der Waals surface area contributed by atoms with E-state index in [2.05, 4.69) is 10.6 Å². The lowest BCUT2D eigenvalue weighted by atomic mass is 10.2. The molecule has 0 bridgehead atoms. The van der Waals surface area contributed by atoms with Gasteiger partial charge < -0.3 is 20.1 Å². The summed E-state index contributed by atoms with van der Waals surface area (Å²) in [4.78, 5) is 35.7. The molecule has 0 radical (unpaired) electrons. The third-order valence-corrected chi connectivity index (χ3v) is 3.82. The second kappa shape index (κ2) is 9.59. The molecule has 2 amide bonds. The molecule has 0 unspecified atom stereocenters. The number of anilines is 1. The molecule has 27 heavy (non-hydrogen) atoms. The van der Waals surface area contributed by atoms with Gasteiger partial charge in [-0.2, -0.15) is 0 Å². The van der Waals surface area contributed by atoms with Gasteiger partial charge in [0.05, 0.1) is 12.7 Å². The first-order valence-corrected chi connectivity index (χ1v) is 8.41. The van der Waals surface area contributed by atoms with Crippen LogP contribution in [0.1, 0.15) is 15.9 Å². The number of methoxy groups -OCH3 is 1. The maximum atomic E-state index is 12.1. The topological polar surface area (TPSA) is 93.7 Å². The van der Waals surface area contributed by atoms with Crippen LogP contribution in [0.15, 0.2) is 42.5 Å². The first-order valence-electron chi connectivity index (χ1n) is 8.03. The first kappa shape index (κ1) is 20.3. The number of halogens is 1. The van der Waals surface area contributed by atoms with E-state index in [0.717, 1.165) is 5.56 Å². The van der Waals surface area contributed by atoms with Gasteiger partial charge >= 0.3 is 5.97 Å². The SMILES string of the molecule is COc1ccccc1C(=O)NCC(=O)OCC(=O)Nc1cc(Cl)ccc1C. The Hall–Kier alpha value is -3.06. The van der Waals surface area contributed by atoms with Crippen LogP contribution >= 0.6 is 11.6 Å². The van der Waals surface area contributed by atoms with Crippen LogP contribution in [0, 0.1) is 6.92 Å². The highest BCUT2D eigenvalue weighted by molar-refractivity contribution is 6.31. The smallest absolute Gasteiger partial charge is 0.325 e. The maximum absolute atomic E-state index is 12.1. The Bertz CT molecular complexity index is 854. The predicted octanol–water partition coefficient (Wildman–Crippen LogP) is 2.57. The van der Waals surface area contributed by atoms with Crippen LogP contribution in [-0.4, -0.2) is 38.0 Å². The third kappa shape index (κ3) is 6.00. The number of hydrogen-bond acceptors (Lipinski definition) is 5. The normalized spacial score (nSPS) is 10.0. The summed E-state index contributed by atoms with van der Waals surface area (Å²) in [6.45, 7) is 0.959. The van der Waals surface area contributed by atoms with Gasteiger partial charge in [-0.05, 0) is 36.8 Å². The summed E-state index contributed by atoms with van der Waals surface area (Å²) in [6.07, 6.45) is 0. The molecule has 7 nitrogen and oxygen atoms in total. The highest BCUT2D eigenvalue weighted by Crippen LogP contribution is 2.20. The second-order valence-corrected chi connectivity index (χ2v) is 5.99. The Kier molecular flexibility index (Phi) is 7.19. The lowest BCUT2D eigenvalue weighted by Crippen LogP contribution is -2.32. The number of nitrogens with one attached hydrogen (secondary N) is 2. The standard InChI is InChI=1S/C19H19ClN2O5/c1-12-7-8-13(20)9-15(12)22-17(23)11-27-18(24)10-21-19(25)14-5-3-4-6-16(14)26-2/h3-9H,10-11H2,1-2H3,(H,21,25)(H,22,23). The van der Waals surface area contributed by atoms with Gasteiger partial charge in [0, 0.05) is 10.7 Å². The van der Waals surface area contributed by atoms with Crippen molar-refractivity contribution in [1.82, 2.24) is 5.32 Å². The Morgan fingerprint density at radius 3 is 2.59 bits per heavy atom. The molecule has 2 N–H and O–H groups in total. The minimum atomic E-state index is -0.740. The average Bonchev–Trinajstić information content (AvgIpc) is 2.67. The largest absolute Gasteiger partial charge is 0.496 e. The van der Waals surface area contributed by atoms with Crippen molar-refractivity contribution in [2.45, 2.75) is 6.92 Å². The van der Waals surface area contributed by atoms with Crippen molar-refractivity contribution in [3.63, 3.8) is 0 Å². The molecule has 0 saturated carbocycles. The van der Waals surface area contributed by atoms with E-state index >= 15 is 0 Å². The van der Waals surface area contributed by atoms with E-state index in [1.54, 1.807) is 42.5 Å². The maximum Gasteiger partial charge on any atom is 0.325 e. The van der Waals surface area contributed by atoms with Gasteiger partial charge in [-0.25, -0.2) is 0 Å². The zero-order valence-electron chi connectivity index (χ0n) is 14.9. The molecule has 0 spiro atoms. The molecule has 8 heteroatoms. The number of benzene rings is 2. The average molecular weight is 391 g/mol. The lowest BCUT2D eigenvalue weighted by molar-refractivity contribution is -0.146. The summed E-state index contributed by atoms with van der Waals surface area (Å²) in [5.74, 6) is -1.34. The van der Waals surface area contributed by atoms with Crippen molar-refractivity contribution in [3.8, 4) is 5.75 Å². The van der Waals surface area contributed by atoms with E-state index in [0.29, 0.717) is 22.0 Å². The fourth-order valence-electron chi connectivity index (χ4n) is 2.19. The Morgan fingerprint density at radius 2 is 1.85 bits per heavy atom. The quantitative estimate of drug-likeness (QED) is 0.709. The molecule has 2 aromatic carbocycles. The molecular formula is C19H19ClN2O5. The molecule has 0 aliphatic heterocycles. The minimum absolute atomic E-state index is 0.293. The summed E-state index contributed by atoms with van der Waals surface area (Å²) in [6, 6.07) is 11.7. The van der Waals surface area contributed by atoms with Gasteiger partial charge in [0.15, 0.2) is 6.61 Å². The molecule has 0 saturated heterocycles. The number of aryl methyl sites for hydroxylation is 1. The third-order valence-electron chi connectivity index (χ3n) is 3.58. The number of para-hydroxylation sites is 1. The fourth-order valence-corrected chi connectivity index (χ4v) is 2.36. The number of ether oxygens (including phenoxy) is 2. The zero-order chi connectivity index (χ0) is 19.8.